The zero-order chi connectivity index (χ0) is 21.8. The molecule has 1 N–H and O–H groups in total. The Labute approximate surface area is 168 Å². The Morgan fingerprint density at radius 1 is 1.03 bits per heavy atom. The first kappa shape index (κ1) is 23.2. The van der Waals surface area contributed by atoms with Crippen molar-refractivity contribution < 1.29 is 46.2 Å². The number of carbonyl (C=O) groups is 2. The third-order valence-corrected chi connectivity index (χ3v) is 5.48. The molecule has 0 radical (unpaired) electrons. The molecule has 0 saturated carbocycles. The highest BCUT2D eigenvalue weighted by molar-refractivity contribution is 7.86. The molecule has 1 aliphatic heterocycles. The van der Waals surface area contributed by atoms with Gasteiger partial charge in [-0.2, -0.15) is 8.42 Å². The van der Waals surface area contributed by atoms with E-state index in [1.165, 1.54) is 19.2 Å². The van der Waals surface area contributed by atoms with Crippen LogP contribution in [0.2, 0.25) is 0 Å². The average Bonchev–Trinajstić information content (AvgIpc) is 2.63. The maximum Gasteiger partial charge on any atom is 0.303 e. The van der Waals surface area contributed by atoms with Crippen LogP contribution < -0.4 is 0 Å². The molecule has 1 fully saturated rings. The van der Waals surface area contributed by atoms with Gasteiger partial charge in [-0.1, -0.05) is 17.7 Å². The summed E-state index contributed by atoms with van der Waals surface area (Å²) in [5, 5.41) is 10.2. The molecule has 11 heteroatoms. The van der Waals surface area contributed by atoms with Crippen molar-refractivity contribution in [2.45, 2.75) is 56.4 Å². The lowest BCUT2D eigenvalue weighted by molar-refractivity contribution is -0.295. The Balaban J connectivity index is 2.21. The fourth-order valence-corrected chi connectivity index (χ4v) is 3.80. The number of aliphatic hydroxyl groups excluding tert-OH is 1. The van der Waals surface area contributed by atoms with Crippen LogP contribution in [-0.4, -0.2) is 69.9 Å². The number of rotatable bonds is 7. The summed E-state index contributed by atoms with van der Waals surface area (Å²) in [7, 11) is -2.87. The monoisotopic (exact) mass is 432 g/mol. The van der Waals surface area contributed by atoms with E-state index in [-0.39, 0.29) is 4.90 Å². The van der Waals surface area contributed by atoms with Gasteiger partial charge in [0.2, 0.25) is 0 Å². The molecule has 1 aromatic rings. The molecule has 5 atom stereocenters. The number of ether oxygens (including phenoxy) is 4. The van der Waals surface area contributed by atoms with Crippen LogP contribution in [0.1, 0.15) is 19.4 Å². The normalized spacial score (nSPS) is 27.3. The van der Waals surface area contributed by atoms with Crippen molar-refractivity contribution in [3.63, 3.8) is 0 Å². The summed E-state index contributed by atoms with van der Waals surface area (Å²) >= 11 is 0. The molecule has 1 aromatic carbocycles. The van der Waals surface area contributed by atoms with E-state index in [4.69, 9.17) is 23.1 Å². The summed E-state index contributed by atoms with van der Waals surface area (Å²) in [5.41, 5.74) is 0.872. The van der Waals surface area contributed by atoms with Crippen LogP contribution in [0, 0.1) is 6.92 Å². The lowest BCUT2D eigenvalue weighted by Gasteiger charge is -2.42. The molecule has 0 aromatic heterocycles. The van der Waals surface area contributed by atoms with Gasteiger partial charge in [0.1, 0.15) is 12.2 Å². The molecule has 10 nitrogen and oxygen atoms in total. The minimum atomic E-state index is -4.13. The second-order valence-electron chi connectivity index (χ2n) is 6.47. The zero-order valence-corrected chi connectivity index (χ0v) is 17.2. The van der Waals surface area contributed by atoms with Gasteiger partial charge in [0.25, 0.3) is 10.1 Å². The highest BCUT2D eigenvalue weighted by atomic mass is 32.2. The Morgan fingerprint density at radius 3 is 2.10 bits per heavy atom. The number of carbonyl (C=O) groups excluding carboxylic acids is 2. The van der Waals surface area contributed by atoms with E-state index in [9.17, 15) is 23.1 Å². The molecule has 162 valence electrons. The van der Waals surface area contributed by atoms with Gasteiger partial charge in [0.15, 0.2) is 18.5 Å². The van der Waals surface area contributed by atoms with Gasteiger partial charge in [0, 0.05) is 21.0 Å². The van der Waals surface area contributed by atoms with Crippen LogP contribution in [0.25, 0.3) is 0 Å². The molecular formula is C18H24O10S. The third-order valence-electron chi connectivity index (χ3n) is 4.18. The van der Waals surface area contributed by atoms with Crippen LogP contribution in [0.15, 0.2) is 29.2 Å². The van der Waals surface area contributed by atoms with Gasteiger partial charge >= 0.3 is 11.9 Å². The summed E-state index contributed by atoms with van der Waals surface area (Å²) in [6.45, 7) is 3.50. The molecule has 0 bridgehead atoms. The van der Waals surface area contributed by atoms with Crippen LogP contribution >= 0.6 is 0 Å². The fraction of sp³-hybridized carbons (Fsp3) is 0.556. The van der Waals surface area contributed by atoms with E-state index in [0.717, 1.165) is 19.4 Å². The van der Waals surface area contributed by atoms with Crippen molar-refractivity contribution in [1.29, 1.82) is 0 Å². The van der Waals surface area contributed by atoms with Crippen molar-refractivity contribution in [1.82, 2.24) is 0 Å². The molecule has 1 heterocycles. The van der Waals surface area contributed by atoms with Crippen molar-refractivity contribution in [3.8, 4) is 0 Å². The van der Waals surface area contributed by atoms with Gasteiger partial charge in [0.05, 0.1) is 11.5 Å². The SMILES string of the molecule is CO[C@@H]1[C@@H](OC(C)=O)[C@@H](O)O[C@H](COS(=O)(=O)c2ccc(C)cc2)[C@H]1OC(C)=O. The fourth-order valence-electron chi connectivity index (χ4n) is 2.88. The number of hydrogen-bond donors (Lipinski definition) is 1. The summed E-state index contributed by atoms with van der Waals surface area (Å²) in [5.74, 6) is -1.41. The molecule has 2 rings (SSSR count). The molecule has 0 aliphatic carbocycles. The van der Waals surface area contributed by atoms with E-state index >= 15 is 0 Å². The summed E-state index contributed by atoms with van der Waals surface area (Å²) in [6.07, 6.45) is -6.44. The average molecular weight is 432 g/mol. The largest absolute Gasteiger partial charge is 0.457 e. The van der Waals surface area contributed by atoms with Crippen molar-refractivity contribution >= 4 is 22.1 Å². The van der Waals surface area contributed by atoms with Gasteiger partial charge in [-0.15, -0.1) is 0 Å². The minimum Gasteiger partial charge on any atom is -0.457 e. The topological polar surface area (TPSA) is 135 Å². The van der Waals surface area contributed by atoms with Gasteiger partial charge in [-0.3, -0.25) is 13.8 Å². The number of benzene rings is 1. The van der Waals surface area contributed by atoms with E-state index in [2.05, 4.69) is 0 Å². The standard InChI is InChI=1S/C18H24O10S/c1-10-5-7-13(8-6-10)29(22,23)25-9-14-15(26-11(2)19)16(24-4)17(18(21)28-14)27-12(3)20/h5-8,14-18,21H,9H2,1-4H3/t14-,15-,16+,17-,18+/m1/s1. The van der Waals surface area contributed by atoms with Crippen molar-refractivity contribution in [2.75, 3.05) is 13.7 Å². The van der Waals surface area contributed by atoms with Crippen molar-refractivity contribution in [3.05, 3.63) is 29.8 Å². The first-order valence-electron chi connectivity index (χ1n) is 8.72. The zero-order valence-electron chi connectivity index (χ0n) is 16.4. The lowest BCUT2D eigenvalue weighted by atomic mass is 9.98. The van der Waals surface area contributed by atoms with Crippen LogP contribution in [0.4, 0.5) is 0 Å². The quantitative estimate of drug-likeness (QED) is 0.473. The molecule has 1 saturated heterocycles. The van der Waals surface area contributed by atoms with Crippen LogP contribution in [0.3, 0.4) is 0 Å². The van der Waals surface area contributed by atoms with E-state index < -0.39 is 59.4 Å². The first-order valence-corrected chi connectivity index (χ1v) is 10.1. The van der Waals surface area contributed by atoms with Gasteiger partial charge < -0.3 is 24.1 Å². The van der Waals surface area contributed by atoms with Crippen LogP contribution in [-0.2, 0) is 42.8 Å². The van der Waals surface area contributed by atoms with E-state index in [1.807, 2.05) is 6.92 Å². The minimum absolute atomic E-state index is 0.0652. The first-order chi connectivity index (χ1) is 13.5. The van der Waals surface area contributed by atoms with E-state index in [1.54, 1.807) is 12.1 Å². The number of aliphatic hydroxyl groups is 1. The maximum absolute atomic E-state index is 12.4. The molecule has 0 unspecified atom stereocenters. The Kier molecular flexibility index (Phi) is 7.72. The Hall–Kier alpha value is -2.05. The maximum atomic E-state index is 12.4. The van der Waals surface area contributed by atoms with Crippen molar-refractivity contribution in [2.24, 2.45) is 0 Å². The molecular weight excluding hydrogens is 408 g/mol. The molecule has 29 heavy (non-hydrogen) atoms. The second kappa shape index (κ2) is 9.63. The summed E-state index contributed by atoms with van der Waals surface area (Å²) in [6, 6.07) is 6.01. The Bertz CT molecular complexity index is 820. The van der Waals surface area contributed by atoms with Crippen LogP contribution in [0.5, 0.6) is 0 Å². The lowest BCUT2D eigenvalue weighted by Crippen LogP contribution is -2.61. The Morgan fingerprint density at radius 2 is 1.59 bits per heavy atom. The summed E-state index contributed by atoms with van der Waals surface area (Å²) < 4.78 is 50.6. The smallest absolute Gasteiger partial charge is 0.303 e. The molecule has 0 spiro atoms. The van der Waals surface area contributed by atoms with Gasteiger partial charge in [-0.25, -0.2) is 0 Å². The third kappa shape index (κ3) is 5.97. The predicted molar refractivity (Wildman–Crippen MR) is 97.1 cm³/mol. The highest BCUT2D eigenvalue weighted by Gasteiger charge is 2.50. The van der Waals surface area contributed by atoms with E-state index in [0.29, 0.717) is 0 Å². The number of methoxy groups -OCH3 is 1. The molecule has 1 aliphatic rings. The second-order valence-corrected chi connectivity index (χ2v) is 8.08. The predicted octanol–water partition coefficient (Wildman–Crippen LogP) is 0.296. The van der Waals surface area contributed by atoms with Gasteiger partial charge in [-0.05, 0) is 19.1 Å². The number of aryl methyl sites for hydroxylation is 1. The number of hydrogen-bond acceptors (Lipinski definition) is 10. The highest BCUT2D eigenvalue weighted by Crippen LogP contribution is 2.28. The number of esters is 2. The summed E-state index contributed by atoms with van der Waals surface area (Å²) in [4.78, 5) is 22.8. The molecule has 0 amide bonds.